The summed E-state index contributed by atoms with van der Waals surface area (Å²) >= 11 is 3.41. The summed E-state index contributed by atoms with van der Waals surface area (Å²) in [5.74, 6) is 0.683. The maximum Gasteiger partial charge on any atom is 0.236 e. The van der Waals surface area contributed by atoms with E-state index >= 15 is 0 Å². The van der Waals surface area contributed by atoms with Crippen LogP contribution in [-0.4, -0.2) is 25.6 Å². The van der Waals surface area contributed by atoms with Gasteiger partial charge in [0, 0.05) is 11.0 Å². The summed E-state index contributed by atoms with van der Waals surface area (Å²) < 4.78 is 6.24. The number of benzene rings is 1. The number of rotatable bonds is 5. The van der Waals surface area contributed by atoms with Gasteiger partial charge in [-0.3, -0.25) is 4.79 Å². The summed E-state index contributed by atoms with van der Waals surface area (Å²) in [6, 6.07) is 5.33. The van der Waals surface area contributed by atoms with Gasteiger partial charge in [0.05, 0.1) is 13.2 Å². The van der Waals surface area contributed by atoms with Crippen molar-refractivity contribution in [1.82, 2.24) is 5.32 Å². The first-order valence-corrected chi connectivity index (χ1v) is 6.19. The van der Waals surface area contributed by atoms with E-state index < -0.39 is 6.04 Å². The number of ether oxygens (including phenoxy) is 1. The van der Waals surface area contributed by atoms with E-state index in [-0.39, 0.29) is 5.91 Å². The Bertz CT molecular complexity index is 394. The van der Waals surface area contributed by atoms with E-state index in [2.05, 4.69) is 21.2 Å². The Kier molecular flexibility index (Phi) is 5.44. The summed E-state index contributed by atoms with van der Waals surface area (Å²) in [5, 5.41) is 2.77. The van der Waals surface area contributed by atoms with E-state index in [1.54, 1.807) is 14.0 Å². The Morgan fingerprint density at radius 2 is 2.29 bits per heavy atom. The van der Waals surface area contributed by atoms with Gasteiger partial charge in [0.15, 0.2) is 0 Å². The molecule has 17 heavy (non-hydrogen) atoms. The number of methoxy groups -OCH3 is 1. The lowest BCUT2D eigenvalue weighted by molar-refractivity contribution is -0.121. The molecule has 1 aromatic rings. The molecule has 0 aliphatic carbocycles. The van der Waals surface area contributed by atoms with Crippen molar-refractivity contribution >= 4 is 21.8 Å². The molecule has 1 aromatic carbocycles. The van der Waals surface area contributed by atoms with Gasteiger partial charge >= 0.3 is 0 Å². The highest BCUT2D eigenvalue weighted by Crippen LogP contribution is 2.23. The molecule has 0 saturated carbocycles. The van der Waals surface area contributed by atoms with Crippen molar-refractivity contribution in [3.05, 3.63) is 28.2 Å². The Labute approximate surface area is 110 Å². The Balaban J connectivity index is 2.56. The monoisotopic (exact) mass is 300 g/mol. The minimum atomic E-state index is -0.473. The molecular weight excluding hydrogens is 284 g/mol. The standard InChI is InChI=1S/C12H17BrN2O2/c1-8(14)12(16)15-6-5-9-7-10(13)3-4-11(9)17-2/h3-4,7-8H,5-6,14H2,1-2H3,(H,15,16). The van der Waals surface area contributed by atoms with Crippen LogP contribution >= 0.6 is 15.9 Å². The second-order valence-electron chi connectivity index (χ2n) is 3.79. The third-order valence-electron chi connectivity index (χ3n) is 2.35. The number of amides is 1. The van der Waals surface area contributed by atoms with Crippen LogP contribution in [0.3, 0.4) is 0 Å². The molecule has 0 heterocycles. The normalized spacial score (nSPS) is 12.0. The highest BCUT2D eigenvalue weighted by atomic mass is 79.9. The van der Waals surface area contributed by atoms with Crippen LogP contribution in [0.4, 0.5) is 0 Å². The third kappa shape index (κ3) is 4.36. The summed E-state index contributed by atoms with van der Waals surface area (Å²) in [7, 11) is 1.63. The second kappa shape index (κ2) is 6.61. The molecule has 5 heteroatoms. The number of hydrogen-bond acceptors (Lipinski definition) is 3. The van der Waals surface area contributed by atoms with Gasteiger partial charge in [0.25, 0.3) is 0 Å². The smallest absolute Gasteiger partial charge is 0.236 e. The van der Waals surface area contributed by atoms with Crippen molar-refractivity contribution in [2.45, 2.75) is 19.4 Å². The van der Waals surface area contributed by atoms with Crippen LogP contribution in [0, 0.1) is 0 Å². The Morgan fingerprint density at radius 1 is 1.59 bits per heavy atom. The van der Waals surface area contributed by atoms with E-state index in [0.717, 1.165) is 15.8 Å². The first kappa shape index (κ1) is 14.0. The highest BCUT2D eigenvalue weighted by Gasteiger charge is 2.07. The Morgan fingerprint density at radius 3 is 2.88 bits per heavy atom. The van der Waals surface area contributed by atoms with Gasteiger partial charge in [-0.1, -0.05) is 15.9 Å². The van der Waals surface area contributed by atoms with Crippen molar-refractivity contribution in [3.63, 3.8) is 0 Å². The van der Waals surface area contributed by atoms with Gasteiger partial charge in [0.1, 0.15) is 5.75 Å². The van der Waals surface area contributed by atoms with Gasteiger partial charge in [-0.2, -0.15) is 0 Å². The predicted molar refractivity (Wildman–Crippen MR) is 71.1 cm³/mol. The molecule has 0 spiro atoms. The number of carbonyl (C=O) groups excluding carboxylic acids is 1. The van der Waals surface area contributed by atoms with E-state index in [9.17, 15) is 4.79 Å². The number of halogens is 1. The lowest BCUT2D eigenvalue weighted by Crippen LogP contribution is -2.39. The van der Waals surface area contributed by atoms with Gasteiger partial charge in [0.2, 0.25) is 5.91 Å². The molecule has 0 aromatic heterocycles. The molecule has 4 nitrogen and oxygen atoms in total. The fourth-order valence-electron chi connectivity index (χ4n) is 1.42. The van der Waals surface area contributed by atoms with Gasteiger partial charge < -0.3 is 15.8 Å². The molecular formula is C12H17BrN2O2. The molecule has 0 bridgehead atoms. The topological polar surface area (TPSA) is 64.3 Å². The number of nitrogens with one attached hydrogen (secondary N) is 1. The molecule has 1 rings (SSSR count). The maximum absolute atomic E-state index is 11.3. The van der Waals surface area contributed by atoms with Crippen molar-refractivity contribution in [3.8, 4) is 5.75 Å². The van der Waals surface area contributed by atoms with Crippen LogP contribution in [0.1, 0.15) is 12.5 Å². The fraction of sp³-hybridized carbons (Fsp3) is 0.417. The predicted octanol–water partition coefficient (Wildman–Crippen LogP) is 1.46. The zero-order chi connectivity index (χ0) is 12.8. The zero-order valence-corrected chi connectivity index (χ0v) is 11.6. The number of carbonyl (C=O) groups is 1. The first-order valence-electron chi connectivity index (χ1n) is 5.40. The van der Waals surface area contributed by atoms with Crippen molar-refractivity contribution < 1.29 is 9.53 Å². The minimum absolute atomic E-state index is 0.140. The summed E-state index contributed by atoms with van der Waals surface area (Å²) in [6.45, 7) is 2.21. The third-order valence-corrected chi connectivity index (χ3v) is 2.84. The second-order valence-corrected chi connectivity index (χ2v) is 4.70. The molecule has 1 unspecified atom stereocenters. The fourth-order valence-corrected chi connectivity index (χ4v) is 1.83. The Hall–Kier alpha value is -1.07. The van der Waals surface area contributed by atoms with Crippen LogP contribution in [0.2, 0.25) is 0 Å². The molecule has 1 atom stereocenters. The average Bonchev–Trinajstić information content (AvgIpc) is 2.29. The first-order chi connectivity index (χ1) is 8.04. The van der Waals surface area contributed by atoms with Gasteiger partial charge in [-0.05, 0) is 37.1 Å². The van der Waals surface area contributed by atoms with Gasteiger partial charge in [-0.15, -0.1) is 0 Å². The zero-order valence-electron chi connectivity index (χ0n) is 10.00. The lowest BCUT2D eigenvalue weighted by Gasteiger charge is -2.11. The van der Waals surface area contributed by atoms with Crippen LogP contribution < -0.4 is 15.8 Å². The lowest BCUT2D eigenvalue weighted by atomic mass is 10.1. The SMILES string of the molecule is COc1ccc(Br)cc1CCNC(=O)C(C)N. The van der Waals surface area contributed by atoms with Gasteiger partial charge in [-0.25, -0.2) is 0 Å². The van der Waals surface area contributed by atoms with E-state index in [1.165, 1.54) is 0 Å². The summed E-state index contributed by atoms with van der Waals surface area (Å²) in [6.07, 6.45) is 0.709. The van der Waals surface area contributed by atoms with Crippen LogP contribution in [0.15, 0.2) is 22.7 Å². The van der Waals surface area contributed by atoms with E-state index in [4.69, 9.17) is 10.5 Å². The largest absolute Gasteiger partial charge is 0.496 e. The van der Waals surface area contributed by atoms with E-state index in [0.29, 0.717) is 13.0 Å². The van der Waals surface area contributed by atoms with Crippen LogP contribution in [-0.2, 0) is 11.2 Å². The van der Waals surface area contributed by atoms with Crippen LogP contribution in [0.5, 0.6) is 5.75 Å². The molecule has 0 saturated heterocycles. The maximum atomic E-state index is 11.3. The van der Waals surface area contributed by atoms with Crippen molar-refractivity contribution in [1.29, 1.82) is 0 Å². The average molecular weight is 301 g/mol. The minimum Gasteiger partial charge on any atom is -0.496 e. The van der Waals surface area contributed by atoms with Crippen molar-refractivity contribution in [2.75, 3.05) is 13.7 Å². The number of nitrogens with two attached hydrogens (primary N) is 1. The highest BCUT2D eigenvalue weighted by molar-refractivity contribution is 9.10. The number of hydrogen-bond donors (Lipinski definition) is 2. The molecule has 3 N–H and O–H groups in total. The molecule has 0 aliphatic heterocycles. The van der Waals surface area contributed by atoms with Crippen LogP contribution in [0.25, 0.3) is 0 Å². The van der Waals surface area contributed by atoms with E-state index in [1.807, 2.05) is 18.2 Å². The molecule has 1 amide bonds. The molecule has 0 aliphatic rings. The summed E-state index contributed by atoms with van der Waals surface area (Å²) in [5.41, 5.74) is 6.50. The molecule has 94 valence electrons. The summed E-state index contributed by atoms with van der Waals surface area (Å²) in [4.78, 5) is 11.3. The quantitative estimate of drug-likeness (QED) is 0.865. The molecule has 0 fully saturated rings. The molecule has 0 radical (unpaired) electrons. The van der Waals surface area contributed by atoms with Crippen molar-refractivity contribution in [2.24, 2.45) is 5.73 Å².